The van der Waals surface area contributed by atoms with Gasteiger partial charge in [0.1, 0.15) is 11.3 Å². The lowest BCUT2D eigenvalue weighted by Gasteiger charge is -2.07. The number of aromatic nitrogens is 4. The monoisotopic (exact) mass is 503 g/mol. The van der Waals surface area contributed by atoms with Crippen molar-refractivity contribution in [2.45, 2.75) is 17.5 Å². The Kier molecular flexibility index (Phi) is 5.60. The summed E-state index contributed by atoms with van der Waals surface area (Å²) in [7, 11) is 0. The first-order valence-corrected chi connectivity index (χ1v) is 11.6. The molecule has 0 radical (unpaired) electrons. The third-order valence-electron chi connectivity index (χ3n) is 5.09. The number of fused-ring (bicyclic) bond motifs is 3. The largest absolute Gasteiger partial charge is 0.319 e. The van der Waals surface area contributed by atoms with Crippen LogP contribution in [0.25, 0.3) is 22.1 Å². The van der Waals surface area contributed by atoms with E-state index in [-0.39, 0.29) is 5.82 Å². The lowest BCUT2D eigenvalue weighted by Crippen LogP contribution is -2.02. The summed E-state index contributed by atoms with van der Waals surface area (Å²) in [6, 6.07) is 22.1. The fraction of sp³-hybridized carbons (Fsp3) is 0.0833. The van der Waals surface area contributed by atoms with E-state index in [4.69, 9.17) is 10.2 Å². The molecule has 0 N–H and O–H groups in total. The maximum Gasteiger partial charge on any atom is 0.211 e. The average Bonchev–Trinajstić information content (AvgIpc) is 3.11. The number of hydrogen-bond acceptors (Lipinski definition) is 5. The van der Waals surface area contributed by atoms with E-state index < -0.39 is 0 Å². The maximum atomic E-state index is 13.4. The Bertz CT molecular complexity index is 1490. The fourth-order valence-electron chi connectivity index (χ4n) is 3.59. The molecule has 0 aliphatic carbocycles. The van der Waals surface area contributed by atoms with Crippen molar-refractivity contribution in [2.75, 3.05) is 0 Å². The van der Waals surface area contributed by atoms with Gasteiger partial charge in [-0.2, -0.15) is 5.26 Å². The molecule has 0 aliphatic heterocycles. The van der Waals surface area contributed by atoms with Crippen molar-refractivity contribution in [3.8, 4) is 6.07 Å². The molecule has 32 heavy (non-hydrogen) atoms. The van der Waals surface area contributed by atoms with Crippen LogP contribution in [0.3, 0.4) is 0 Å². The normalized spacial score (nSPS) is 11.2. The summed E-state index contributed by atoms with van der Waals surface area (Å²) < 4.78 is 16.4. The maximum absolute atomic E-state index is 13.4. The zero-order valence-corrected chi connectivity index (χ0v) is 19.1. The average molecular weight is 504 g/mol. The van der Waals surface area contributed by atoms with Crippen LogP contribution >= 0.6 is 27.7 Å². The van der Waals surface area contributed by atoms with Crippen molar-refractivity contribution >= 4 is 49.8 Å². The number of thioether (sulfide) groups is 1. The number of nitrogens with zero attached hydrogens (tertiary/aromatic N) is 5. The number of hydrogen-bond donors (Lipinski definition) is 0. The molecule has 0 saturated heterocycles. The summed E-state index contributed by atoms with van der Waals surface area (Å²) in [5, 5.41) is 19.4. The predicted octanol–water partition coefficient (Wildman–Crippen LogP) is 6.09. The molecule has 2 heterocycles. The quantitative estimate of drug-likeness (QED) is 0.271. The van der Waals surface area contributed by atoms with E-state index >= 15 is 0 Å². The Morgan fingerprint density at radius 3 is 2.66 bits per heavy atom. The lowest BCUT2D eigenvalue weighted by atomic mass is 10.2. The van der Waals surface area contributed by atoms with Gasteiger partial charge in [0, 0.05) is 22.2 Å². The van der Waals surface area contributed by atoms with E-state index in [9.17, 15) is 4.39 Å². The van der Waals surface area contributed by atoms with Crippen LogP contribution in [0.1, 0.15) is 16.7 Å². The zero-order chi connectivity index (χ0) is 22.1. The van der Waals surface area contributed by atoms with Crippen molar-refractivity contribution in [1.29, 1.82) is 5.26 Å². The Morgan fingerprint density at radius 1 is 1.00 bits per heavy atom. The Hall–Kier alpha value is -3.28. The van der Waals surface area contributed by atoms with Crippen LogP contribution in [-0.4, -0.2) is 19.7 Å². The third kappa shape index (κ3) is 4.09. The van der Waals surface area contributed by atoms with E-state index in [0.29, 0.717) is 23.0 Å². The predicted molar refractivity (Wildman–Crippen MR) is 127 cm³/mol. The number of nitriles is 1. The van der Waals surface area contributed by atoms with E-state index in [0.717, 1.165) is 37.7 Å². The second-order valence-corrected chi connectivity index (χ2v) is 9.10. The summed E-state index contributed by atoms with van der Waals surface area (Å²) in [6.07, 6.45) is 0. The van der Waals surface area contributed by atoms with Gasteiger partial charge >= 0.3 is 0 Å². The highest BCUT2D eigenvalue weighted by Crippen LogP contribution is 2.31. The highest BCUT2D eigenvalue weighted by atomic mass is 79.9. The molecule has 0 saturated carbocycles. The molecule has 5 nitrogen and oxygen atoms in total. The molecule has 0 atom stereocenters. The minimum Gasteiger partial charge on any atom is -0.319 e. The first kappa shape index (κ1) is 20.6. The minimum atomic E-state index is -0.261. The van der Waals surface area contributed by atoms with Crippen LogP contribution in [0.15, 0.2) is 76.4 Å². The summed E-state index contributed by atoms with van der Waals surface area (Å²) in [5.74, 6) is 0.370. The van der Waals surface area contributed by atoms with Gasteiger partial charge in [0.2, 0.25) is 5.16 Å². The van der Waals surface area contributed by atoms with Gasteiger partial charge in [-0.15, -0.1) is 10.2 Å². The van der Waals surface area contributed by atoms with Crippen molar-refractivity contribution in [1.82, 2.24) is 19.7 Å². The second-order valence-electron chi connectivity index (χ2n) is 7.24. The Labute approximate surface area is 196 Å². The van der Waals surface area contributed by atoms with Gasteiger partial charge in [-0.1, -0.05) is 52.0 Å². The zero-order valence-electron chi connectivity index (χ0n) is 16.7. The van der Waals surface area contributed by atoms with E-state index in [1.807, 2.05) is 36.4 Å². The molecule has 0 fully saturated rings. The Balaban J connectivity index is 1.55. The van der Waals surface area contributed by atoms with E-state index in [1.165, 1.54) is 23.9 Å². The molecule has 5 aromatic rings. The molecule has 3 aromatic carbocycles. The third-order valence-corrected chi connectivity index (χ3v) is 6.49. The minimum absolute atomic E-state index is 0.261. The molecule has 0 aliphatic rings. The topological polar surface area (TPSA) is 67.4 Å². The Morgan fingerprint density at radius 2 is 1.84 bits per heavy atom. The highest BCUT2D eigenvalue weighted by molar-refractivity contribution is 9.10. The molecule has 156 valence electrons. The van der Waals surface area contributed by atoms with Gasteiger partial charge in [0.05, 0.1) is 17.1 Å². The summed E-state index contributed by atoms with van der Waals surface area (Å²) in [5.41, 5.74) is 5.05. The van der Waals surface area contributed by atoms with E-state index in [2.05, 4.69) is 36.8 Å². The molecule has 5 rings (SSSR count). The summed E-state index contributed by atoms with van der Waals surface area (Å²) in [6.45, 7) is 0.537. The van der Waals surface area contributed by atoms with Gasteiger partial charge in [0.15, 0.2) is 5.65 Å². The van der Waals surface area contributed by atoms with Crippen LogP contribution in [0.4, 0.5) is 4.39 Å². The molecule has 0 bridgehead atoms. The fourth-order valence-corrected chi connectivity index (χ4v) is 4.67. The molecule has 0 amide bonds. The van der Waals surface area contributed by atoms with Crippen LogP contribution < -0.4 is 0 Å². The van der Waals surface area contributed by atoms with Crippen molar-refractivity contribution < 1.29 is 4.39 Å². The van der Waals surface area contributed by atoms with Crippen LogP contribution in [0.2, 0.25) is 0 Å². The molecule has 2 aromatic heterocycles. The van der Waals surface area contributed by atoms with Gasteiger partial charge < -0.3 is 4.57 Å². The van der Waals surface area contributed by atoms with Crippen molar-refractivity contribution in [2.24, 2.45) is 0 Å². The second kappa shape index (κ2) is 8.69. The lowest BCUT2D eigenvalue weighted by molar-refractivity contribution is 0.626. The summed E-state index contributed by atoms with van der Waals surface area (Å²) >= 11 is 5.00. The van der Waals surface area contributed by atoms with Gasteiger partial charge in [-0.3, -0.25) is 0 Å². The van der Waals surface area contributed by atoms with E-state index in [1.54, 1.807) is 18.2 Å². The van der Waals surface area contributed by atoms with Crippen molar-refractivity contribution in [3.05, 3.63) is 93.7 Å². The molecule has 0 spiro atoms. The van der Waals surface area contributed by atoms with Gasteiger partial charge in [-0.25, -0.2) is 9.37 Å². The van der Waals surface area contributed by atoms with Crippen molar-refractivity contribution in [3.63, 3.8) is 0 Å². The number of benzene rings is 3. The highest BCUT2D eigenvalue weighted by Gasteiger charge is 2.16. The molecule has 0 unspecified atom stereocenters. The first-order valence-electron chi connectivity index (χ1n) is 9.79. The first-order chi connectivity index (χ1) is 15.6. The SMILES string of the molecule is N#Cc1cccc(CSc2nnc3c4cc(Br)ccc4n(Cc4ccc(F)cc4)c3n2)c1. The van der Waals surface area contributed by atoms with Crippen LogP contribution in [0, 0.1) is 17.1 Å². The smallest absolute Gasteiger partial charge is 0.211 e. The number of halogens is 2. The van der Waals surface area contributed by atoms with Crippen LogP contribution in [-0.2, 0) is 12.3 Å². The molecular weight excluding hydrogens is 489 g/mol. The molecule has 8 heteroatoms. The van der Waals surface area contributed by atoms with Gasteiger partial charge in [-0.05, 0) is 53.6 Å². The molecular formula is C24H15BrFN5S. The van der Waals surface area contributed by atoms with Gasteiger partial charge in [0.25, 0.3) is 0 Å². The van der Waals surface area contributed by atoms with Crippen LogP contribution in [0.5, 0.6) is 0 Å². The summed E-state index contributed by atoms with van der Waals surface area (Å²) in [4.78, 5) is 4.81. The number of rotatable bonds is 5. The standard InChI is InChI=1S/C24H15BrFN5S/c25-18-6-9-21-20(11-18)22-23(31(21)13-15-4-7-19(26)8-5-15)28-24(30-29-22)32-14-17-3-1-2-16(10-17)12-27/h1-11H,13-14H2.